The Kier molecular flexibility index (Phi) is 3.85. The summed E-state index contributed by atoms with van der Waals surface area (Å²) in [4.78, 5) is 30.0. The molecule has 1 N–H and O–H groups in total. The average molecular weight is 348 g/mol. The molecule has 2 aromatic rings. The molecule has 0 radical (unpaired) electrons. The molecular weight excluding hydrogens is 330 g/mol. The molecule has 2 aromatic heterocycles. The summed E-state index contributed by atoms with van der Waals surface area (Å²) < 4.78 is 28.1. The van der Waals surface area contributed by atoms with Crippen LogP contribution in [0.15, 0.2) is 11.1 Å². The van der Waals surface area contributed by atoms with E-state index in [4.69, 9.17) is 0 Å². The van der Waals surface area contributed by atoms with Crippen LogP contribution < -0.4 is 15.4 Å². The van der Waals surface area contributed by atoms with Gasteiger partial charge in [-0.1, -0.05) is 0 Å². The smallest absolute Gasteiger partial charge is 0.288 e. The zero-order valence-electron chi connectivity index (χ0n) is 13.8. The molecule has 2 fully saturated rings. The van der Waals surface area contributed by atoms with Crippen LogP contribution in [0.2, 0.25) is 0 Å². The van der Waals surface area contributed by atoms with Gasteiger partial charge in [-0.3, -0.25) is 9.78 Å². The first kappa shape index (κ1) is 15.9. The van der Waals surface area contributed by atoms with Crippen molar-refractivity contribution >= 4 is 11.8 Å². The van der Waals surface area contributed by atoms with E-state index < -0.39 is 11.4 Å². The molecular formula is C16H18F2N6O. The molecule has 7 nitrogen and oxygen atoms in total. The minimum atomic E-state index is -0.863. The van der Waals surface area contributed by atoms with Gasteiger partial charge in [-0.05, 0) is 19.8 Å². The predicted octanol–water partition coefficient (Wildman–Crippen LogP) is 1.35. The van der Waals surface area contributed by atoms with E-state index >= 15 is 0 Å². The van der Waals surface area contributed by atoms with E-state index in [9.17, 15) is 13.6 Å². The third-order valence-electron chi connectivity index (χ3n) is 4.66. The number of aromatic amines is 1. The third-order valence-corrected chi connectivity index (χ3v) is 4.66. The van der Waals surface area contributed by atoms with E-state index in [2.05, 4.69) is 19.9 Å². The van der Waals surface area contributed by atoms with Crippen LogP contribution in [0.25, 0.3) is 0 Å². The van der Waals surface area contributed by atoms with E-state index in [1.807, 2.05) is 9.80 Å². The minimum Gasteiger partial charge on any atom is -0.351 e. The summed E-state index contributed by atoms with van der Waals surface area (Å²) >= 11 is 0. The lowest BCUT2D eigenvalue weighted by Gasteiger charge is -2.35. The summed E-state index contributed by atoms with van der Waals surface area (Å²) in [5, 5.41) is 0. The second-order valence-electron chi connectivity index (χ2n) is 6.43. The van der Waals surface area contributed by atoms with E-state index in [0.29, 0.717) is 43.6 Å². The van der Waals surface area contributed by atoms with Gasteiger partial charge >= 0.3 is 0 Å². The zero-order chi connectivity index (χ0) is 17.6. The van der Waals surface area contributed by atoms with Crippen molar-refractivity contribution in [3.05, 3.63) is 39.7 Å². The highest BCUT2D eigenvalue weighted by molar-refractivity contribution is 5.45. The molecule has 0 unspecified atom stereocenters. The lowest BCUT2D eigenvalue weighted by molar-refractivity contribution is 0.560. The fourth-order valence-corrected chi connectivity index (χ4v) is 3.07. The van der Waals surface area contributed by atoms with E-state index in [0.717, 1.165) is 12.8 Å². The third kappa shape index (κ3) is 2.94. The summed E-state index contributed by atoms with van der Waals surface area (Å²) in [5.74, 6) is -0.307. The minimum absolute atomic E-state index is 0.0668. The molecule has 1 aliphatic heterocycles. The Labute approximate surface area is 142 Å². The molecule has 9 heteroatoms. The number of hydrogen-bond acceptors (Lipinski definition) is 6. The monoisotopic (exact) mass is 348 g/mol. The number of piperazine rings is 1. The highest BCUT2D eigenvalue weighted by Gasteiger charge is 2.31. The Morgan fingerprint density at radius 1 is 1.08 bits per heavy atom. The van der Waals surface area contributed by atoms with Crippen LogP contribution in [0, 0.1) is 18.6 Å². The predicted molar refractivity (Wildman–Crippen MR) is 87.9 cm³/mol. The van der Waals surface area contributed by atoms with Crippen molar-refractivity contribution in [3.63, 3.8) is 0 Å². The highest BCUT2D eigenvalue weighted by Crippen LogP contribution is 2.41. The normalized spacial score (nSPS) is 17.9. The van der Waals surface area contributed by atoms with Gasteiger partial charge in [0.05, 0.1) is 11.4 Å². The quantitative estimate of drug-likeness (QED) is 0.902. The van der Waals surface area contributed by atoms with Crippen molar-refractivity contribution < 1.29 is 8.78 Å². The molecule has 1 saturated heterocycles. The van der Waals surface area contributed by atoms with Crippen molar-refractivity contribution in [2.24, 2.45) is 0 Å². The number of anilines is 2. The lowest BCUT2D eigenvalue weighted by Crippen LogP contribution is -2.48. The van der Waals surface area contributed by atoms with Gasteiger partial charge in [-0.25, -0.2) is 19.3 Å². The van der Waals surface area contributed by atoms with Crippen LogP contribution in [0.1, 0.15) is 30.1 Å². The highest BCUT2D eigenvalue weighted by atomic mass is 19.1. The molecule has 25 heavy (non-hydrogen) atoms. The van der Waals surface area contributed by atoms with Crippen LogP contribution in [-0.2, 0) is 0 Å². The van der Waals surface area contributed by atoms with E-state index in [1.165, 1.54) is 13.3 Å². The van der Waals surface area contributed by atoms with Crippen molar-refractivity contribution in [3.8, 4) is 0 Å². The number of H-pyrrole nitrogens is 1. The van der Waals surface area contributed by atoms with Crippen LogP contribution in [-0.4, -0.2) is 46.1 Å². The fraction of sp³-hybridized carbons (Fsp3) is 0.500. The van der Waals surface area contributed by atoms with Crippen LogP contribution >= 0.6 is 0 Å². The molecule has 3 heterocycles. The van der Waals surface area contributed by atoms with Crippen molar-refractivity contribution in [2.75, 3.05) is 36.0 Å². The number of halogens is 2. The van der Waals surface area contributed by atoms with Crippen LogP contribution in [0.3, 0.4) is 0 Å². The van der Waals surface area contributed by atoms with Crippen molar-refractivity contribution in [1.82, 2.24) is 19.9 Å². The van der Waals surface area contributed by atoms with Gasteiger partial charge in [-0.2, -0.15) is 4.39 Å². The first-order valence-corrected chi connectivity index (χ1v) is 8.31. The van der Waals surface area contributed by atoms with Crippen LogP contribution in [0.5, 0.6) is 0 Å². The van der Waals surface area contributed by atoms with Crippen molar-refractivity contribution in [2.45, 2.75) is 25.7 Å². The van der Waals surface area contributed by atoms with Gasteiger partial charge in [0.1, 0.15) is 6.33 Å². The van der Waals surface area contributed by atoms with Gasteiger partial charge in [0.25, 0.3) is 5.56 Å². The van der Waals surface area contributed by atoms with Gasteiger partial charge in [0.2, 0.25) is 11.8 Å². The summed E-state index contributed by atoms with van der Waals surface area (Å²) in [6.45, 7) is 3.56. The molecule has 1 saturated carbocycles. The molecule has 2 aliphatic rings. The molecule has 0 atom stereocenters. The fourth-order valence-electron chi connectivity index (χ4n) is 3.07. The maximum absolute atomic E-state index is 14.6. The average Bonchev–Trinajstić information content (AvgIpc) is 3.45. The Morgan fingerprint density at radius 3 is 2.40 bits per heavy atom. The molecule has 0 aromatic carbocycles. The largest absolute Gasteiger partial charge is 0.351 e. The second-order valence-corrected chi connectivity index (χ2v) is 6.43. The Balaban J connectivity index is 1.50. The Hall–Kier alpha value is -2.58. The maximum Gasteiger partial charge on any atom is 0.288 e. The standard InChI is InChI=1S/C16H18F2N6O/c1-9-11(17)15(25)22-16(21-9)24-6-4-23(5-7-24)14-12(18)13(10-2-3-10)19-8-20-14/h8,10H,2-7H2,1H3,(H,21,22,25). The van der Waals surface area contributed by atoms with E-state index in [1.54, 1.807) is 0 Å². The number of aromatic nitrogens is 4. The molecule has 0 spiro atoms. The van der Waals surface area contributed by atoms with Gasteiger partial charge in [0.15, 0.2) is 11.6 Å². The number of nitrogens with zero attached hydrogens (tertiary/aromatic N) is 5. The maximum atomic E-state index is 14.6. The second kappa shape index (κ2) is 6.05. The van der Waals surface area contributed by atoms with Crippen molar-refractivity contribution in [1.29, 1.82) is 0 Å². The number of rotatable bonds is 3. The lowest BCUT2D eigenvalue weighted by atomic mass is 10.2. The van der Waals surface area contributed by atoms with Gasteiger partial charge < -0.3 is 9.80 Å². The Bertz CT molecular complexity index is 858. The number of hydrogen-bond donors (Lipinski definition) is 1. The van der Waals surface area contributed by atoms with Crippen LogP contribution in [0.4, 0.5) is 20.5 Å². The zero-order valence-corrected chi connectivity index (χ0v) is 13.8. The summed E-state index contributed by atoms with van der Waals surface area (Å²) in [5.41, 5.74) is -0.203. The molecule has 1 aliphatic carbocycles. The van der Waals surface area contributed by atoms with Gasteiger partial charge in [0, 0.05) is 32.1 Å². The summed E-state index contributed by atoms with van der Waals surface area (Å²) in [7, 11) is 0. The molecule has 4 rings (SSSR count). The summed E-state index contributed by atoms with van der Waals surface area (Å²) in [6, 6.07) is 0. The molecule has 132 valence electrons. The first-order valence-electron chi connectivity index (χ1n) is 8.31. The number of aryl methyl sites for hydroxylation is 1. The summed E-state index contributed by atoms with van der Waals surface area (Å²) in [6.07, 6.45) is 3.37. The first-order chi connectivity index (χ1) is 12.0. The number of nitrogens with one attached hydrogen (secondary N) is 1. The van der Waals surface area contributed by atoms with Gasteiger partial charge in [-0.15, -0.1) is 0 Å². The SMILES string of the molecule is Cc1nc(N2CCN(c3ncnc(C4CC4)c3F)CC2)[nH]c(=O)c1F. The molecule has 0 amide bonds. The Morgan fingerprint density at radius 2 is 1.76 bits per heavy atom. The topological polar surface area (TPSA) is 78.0 Å². The van der Waals surface area contributed by atoms with E-state index in [-0.39, 0.29) is 17.4 Å². The molecule has 0 bridgehead atoms.